The molecule has 0 unspecified atom stereocenters. The number of hydrogen-bond acceptors (Lipinski definition) is 8. The Kier molecular flexibility index (Phi) is 3.83. The fourth-order valence-corrected chi connectivity index (χ4v) is 2.66. The lowest BCUT2D eigenvalue weighted by atomic mass is 10.1. The fraction of sp³-hybridized carbons (Fsp3) is 0.538. The van der Waals surface area contributed by atoms with Crippen molar-refractivity contribution in [2.45, 2.75) is 38.4 Å². The average Bonchev–Trinajstić information content (AvgIpc) is 2.92. The lowest BCUT2D eigenvalue weighted by molar-refractivity contribution is -0.157. The number of aromatic nitrogens is 2. The number of nitrogens with zero attached hydrogens (tertiary/aromatic N) is 2. The summed E-state index contributed by atoms with van der Waals surface area (Å²) in [7, 11) is 0. The smallest absolute Gasteiger partial charge is 0.303 e. The van der Waals surface area contributed by atoms with Crippen molar-refractivity contribution in [1.29, 1.82) is 0 Å². The number of fused-ring (bicyclic) bond motifs is 3. The van der Waals surface area contributed by atoms with Gasteiger partial charge in [-0.1, -0.05) is 12.2 Å². The van der Waals surface area contributed by atoms with Crippen LogP contribution in [0.1, 0.15) is 20.1 Å². The quantitative estimate of drug-likeness (QED) is 0.594. The first-order valence-corrected chi connectivity index (χ1v) is 7.08. The topological polar surface area (TPSA) is 88.9 Å². The normalized spacial score (nSPS) is 28.5. The third-order valence-electron chi connectivity index (χ3n) is 3.36. The van der Waals surface area contributed by atoms with Gasteiger partial charge < -0.3 is 18.9 Å². The summed E-state index contributed by atoms with van der Waals surface area (Å²) in [5, 5.41) is 0. The number of carbonyl (C=O) groups excluding carboxylic acids is 2. The van der Waals surface area contributed by atoms with Crippen molar-refractivity contribution >= 4 is 24.2 Å². The van der Waals surface area contributed by atoms with Crippen LogP contribution in [0.4, 0.5) is 0 Å². The van der Waals surface area contributed by atoms with Gasteiger partial charge in [0.15, 0.2) is 18.4 Å². The van der Waals surface area contributed by atoms with E-state index < -0.39 is 36.5 Å². The molecule has 3 rings (SSSR count). The Morgan fingerprint density at radius 3 is 2.86 bits per heavy atom. The number of rotatable bonds is 3. The SMILES string of the molecule is CC(=O)OC[C@H]1O[C@@H]2[C@@H](Oc3nc(=S)ccn32)[C@@H]1OC(C)=O. The molecular formula is C13H14N2O6S. The third kappa shape index (κ3) is 2.69. The van der Waals surface area contributed by atoms with Crippen molar-refractivity contribution < 1.29 is 28.5 Å². The van der Waals surface area contributed by atoms with Crippen LogP contribution in [0.2, 0.25) is 0 Å². The van der Waals surface area contributed by atoms with Crippen molar-refractivity contribution in [3.63, 3.8) is 0 Å². The predicted molar refractivity (Wildman–Crippen MR) is 73.6 cm³/mol. The molecule has 1 fully saturated rings. The van der Waals surface area contributed by atoms with Crippen molar-refractivity contribution in [3.05, 3.63) is 16.9 Å². The Hall–Kier alpha value is -2.00. The van der Waals surface area contributed by atoms with Crippen LogP contribution in [0.15, 0.2) is 12.3 Å². The zero-order valence-electron chi connectivity index (χ0n) is 11.9. The number of esters is 2. The highest BCUT2D eigenvalue weighted by atomic mass is 32.1. The van der Waals surface area contributed by atoms with Gasteiger partial charge in [0.2, 0.25) is 0 Å². The van der Waals surface area contributed by atoms with Crippen LogP contribution in [-0.4, -0.2) is 46.4 Å². The maximum Gasteiger partial charge on any atom is 0.303 e. The second-order valence-corrected chi connectivity index (χ2v) is 5.40. The van der Waals surface area contributed by atoms with Gasteiger partial charge in [0.1, 0.15) is 17.4 Å². The Labute approximate surface area is 130 Å². The second kappa shape index (κ2) is 5.65. The minimum Gasteiger partial charge on any atom is -0.463 e. The van der Waals surface area contributed by atoms with E-state index in [4.69, 9.17) is 31.2 Å². The van der Waals surface area contributed by atoms with E-state index in [1.165, 1.54) is 13.8 Å². The van der Waals surface area contributed by atoms with Gasteiger partial charge in [0.25, 0.3) is 6.01 Å². The van der Waals surface area contributed by atoms with E-state index in [0.717, 1.165) is 0 Å². The summed E-state index contributed by atoms with van der Waals surface area (Å²) in [4.78, 5) is 26.4. The zero-order chi connectivity index (χ0) is 15.9. The molecule has 0 amide bonds. The molecule has 0 saturated carbocycles. The molecule has 1 aromatic heterocycles. The fourth-order valence-electron chi connectivity index (χ4n) is 2.52. The van der Waals surface area contributed by atoms with E-state index >= 15 is 0 Å². The first-order valence-electron chi connectivity index (χ1n) is 6.67. The molecule has 9 heteroatoms. The Balaban J connectivity index is 1.84. The number of ether oxygens (including phenoxy) is 4. The van der Waals surface area contributed by atoms with Gasteiger partial charge in [-0.2, -0.15) is 4.98 Å². The molecule has 2 aliphatic heterocycles. The lowest BCUT2D eigenvalue weighted by Crippen LogP contribution is -2.39. The molecule has 4 atom stereocenters. The number of carbonyl (C=O) groups is 2. The molecule has 3 heterocycles. The Morgan fingerprint density at radius 1 is 1.41 bits per heavy atom. The van der Waals surface area contributed by atoms with Crippen LogP contribution < -0.4 is 4.74 Å². The molecule has 0 aromatic carbocycles. The summed E-state index contributed by atoms with van der Waals surface area (Å²) >= 11 is 4.99. The molecule has 0 bridgehead atoms. The zero-order valence-corrected chi connectivity index (χ0v) is 12.7. The van der Waals surface area contributed by atoms with E-state index in [9.17, 15) is 9.59 Å². The van der Waals surface area contributed by atoms with Crippen LogP contribution in [0.25, 0.3) is 0 Å². The standard InChI is InChI=1S/C13H14N2O6S/c1-6(16)18-5-8-10(19-7(2)17)11-12(20-8)15-4-3-9(22)14-13(15)21-11/h3-4,8,10-12H,5H2,1-2H3/t8-,10-,11+,12-/m1/s1. The highest BCUT2D eigenvalue weighted by Crippen LogP contribution is 2.40. The molecule has 118 valence electrons. The summed E-state index contributed by atoms with van der Waals surface area (Å²) in [5.41, 5.74) is 0. The van der Waals surface area contributed by atoms with Crippen molar-refractivity contribution in [1.82, 2.24) is 9.55 Å². The van der Waals surface area contributed by atoms with Gasteiger partial charge in [0.05, 0.1) is 0 Å². The van der Waals surface area contributed by atoms with Crippen LogP contribution in [0.5, 0.6) is 6.01 Å². The first kappa shape index (κ1) is 14.9. The van der Waals surface area contributed by atoms with Gasteiger partial charge in [-0.15, -0.1) is 0 Å². The van der Waals surface area contributed by atoms with Crippen molar-refractivity contribution in [2.24, 2.45) is 0 Å². The molecule has 8 nitrogen and oxygen atoms in total. The molecule has 0 aliphatic carbocycles. The van der Waals surface area contributed by atoms with Gasteiger partial charge >= 0.3 is 11.9 Å². The molecule has 1 saturated heterocycles. The minimum atomic E-state index is -0.697. The van der Waals surface area contributed by atoms with E-state index in [0.29, 0.717) is 10.7 Å². The van der Waals surface area contributed by atoms with Gasteiger partial charge in [-0.25, -0.2) is 0 Å². The molecular weight excluding hydrogens is 312 g/mol. The summed E-state index contributed by atoms with van der Waals surface area (Å²) < 4.78 is 23.8. The largest absolute Gasteiger partial charge is 0.463 e. The monoisotopic (exact) mass is 326 g/mol. The van der Waals surface area contributed by atoms with Gasteiger partial charge in [0, 0.05) is 20.0 Å². The molecule has 1 aromatic rings. The van der Waals surface area contributed by atoms with E-state index in [-0.39, 0.29) is 6.61 Å². The maximum atomic E-state index is 11.3. The van der Waals surface area contributed by atoms with Crippen molar-refractivity contribution in [3.8, 4) is 6.01 Å². The van der Waals surface area contributed by atoms with Crippen LogP contribution in [0, 0.1) is 4.64 Å². The Morgan fingerprint density at radius 2 is 2.18 bits per heavy atom. The van der Waals surface area contributed by atoms with Gasteiger partial charge in [-0.05, 0) is 6.07 Å². The summed E-state index contributed by atoms with van der Waals surface area (Å²) in [6.07, 6.45) is -0.672. The lowest BCUT2D eigenvalue weighted by Gasteiger charge is -2.20. The third-order valence-corrected chi connectivity index (χ3v) is 3.59. The summed E-state index contributed by atoms with van der Waals surface area (Å²) in [6, 6.07) is 1.96. The minimum absolute atomic E-state index is 0.0217. The average molecular weight is 326 g/mol. The highest BCUT2D eigenvalue weighted by Gasteiger charge is 2.54. The van der Waals surface area contributed by atoms with Crippen LogP contribution in [-0.2, 0) is 23.8 Å². The molecule has 2 aliphatic rings. The molecule has 0 N–H and O–H groups in total. The number of hydrogen-bond donors (Lipinski definition) is 0. The maximum absolute atomic E-state index is 11.3. The summed E-state index contributed by atoms with van der Waals surface area (Å²) in [6.45, 7) is 2.57. The van der Waals surface area contributed by atoms with E-state index in [1.807, 2.05) is 0 Å². The van der Waals surface area contributed by atoms with Crippen LogP contribution in [0.3, 0.4) is 0 Å². The van der Waals surface area contributed by atoms with Crippen LogP contribution >= 0.6 is 12.2 Å². The molecule has 0 spiro atoms. The first-order chi connectivity index (χ1) is 10.5. The predicted octanol–water partition coefficient (Wildman–Crippen LogP) is 0.766. The van der Waals surface area contributed by atoms with E-state index in [1.54, 1.807) is 16.8 Å². The highest BCUT2D eigenvalue weighted by molar-refractivity contribution is 7.71. The second-order valence-electron chi connectivity index (χ2n) is 4.98. The summed E-state index contributed by atoms with van der Waals surface area (Å²) in [5.74, 6) is -0.905. The Bertz CT molecular complexity index is 675. The van der Waals surface area contributed by atoms with E-state index in [2.05, 4.69) is 4.98 Å². The molecule has 22 heavy (non-hydrogen) atoms. The van der Waals surface area contributed by atoms with Gasteiger partial charge in [-0.3, -0.25) is 14.2 Å². The molecule has 0 radical (unpaired) electrons. The van der Waals surface area contributed by atoms with Crippen molar-refractivity contribution in [2.75, 3.05) is 6.61 Å².